The smallest absolute Gasteiger partial charge is 0.0235 e. The average Bonchev–Trinajstić information content (AvgIpc) is 2.44. The lowest BCUT2D eigenvalue weighted by Gasteiger charge is -2.24. The second-order valence-electron chi connectivity index (χ2n) is 5.08. The van der Waals surface area contributed by atoms with Crippen molar-refractivity contribution in [3.63, 3.8) is 0 Å². The van der Waals surface area contributed by atoms with Crippen LogP contribution < -0.4 is 5.32 Å². The number of nitrogens with zero attached hydrogens (tertiary/aromatic N) is 1. The minimum absolute atomic E-state index is 0.812. The van der Waals surface area contributed by atoms with Gasteiger partial charge in [-0.1, -0.05) is 13.8 Å². The Bertz CT molecular complexity index is 153. The van der Waals surface area contributed by atoms with E-state index in [9.17, 15) is 0 Å². The molecule has 0 aromatic carbocycles. The molecule has 2 aliphatic heterocycles. The number of hydrogen-bond donors (Lipinski definition) is 1. The van der Waals surface area contributed by atoms with Crippen LogP contribution in [0.2, 0.25) is 0 Å². The first-order valence-electron chi connectivity index (χ1n) is 5.71. The van der Waals surface area contributed by atoms with Crippen LogP contribution in [0.1, 0.15) is 26.7 Å². The van der Waals surface area contributed by atoms with E-state index in [1.54, 1.807) is 0 Å². The van der Waals surface area contributed by atoms with Crippen molar-refractivity contribution in [3.8, 4) is 0 Å². The van der Waals surface area contributed by atoms with Gasteiger partial charge in [0, 0.05) is 25.7 Å². The van der Waals surface area contributed by atoms with E-state index < -0.39 is 0 Å². The van der Waals surface area contributed by atoms with Crippen molar-refractivity contribution in [2.45, 2.75) is 32.7 Å². The topological polar surface area (TPSA) is 15.3 Å². The summed E-state index contributed by atoms with van der Waals surface area (Å²) < 4.78 is 0. The quantitative estimate of drug-likeness (QED) is 0.693. The number of hydrogen-bond acceptors (Lipinski definition) is 2. The molecule has 0 aliphatic carbocycles. The molecule has 76 valence electrons. The van der Waals surface area contributed by atoms with Crippen molar-refractivity contribution >= 4 is 0 Å². The molecular formula is C11H22N2. The lowest BCUT2D eigenvalue weighted by Crippen LogP contribution is -2.40. The molecule has 0 spiro atoms. The highest BCUT2D eigenvalue weighted by molar-refractivity contribution is 4.91. The molecule has 2 atom stereocenters. The van der Waals surface area contributed by atoms with Crippen LogP contribution in [0.15, 0.2) is 0 Å². The second-order valence-corrected chi connectivity index (χ2v) is 5.08. The Morgan fingerprint density at radius 3 is 2.92 bits per heavy atom. The Kier molecular flexibility index (Phi) is 2.89. The van der Waals surface area contributed by atoms with E-state index in [1.807, 2.05) is 0 Å². The molecular weight excluding hydrogens is 160 g/mol. The van der Waals surface area contributed by atoms with Crippen molar-refractivity contribution < 1.29 is 0 Å². The molecule has 2 saturated heterocycles. The molecule has 2 nitrogen and oxygen atoms in total. The van der Waals surface area contributed by atoms with Gasteiger partial charge in [-0.25, -0.2) is 0 Å². The maximum Gasteiger partial charge on any atom is 0.0235 e. The summed E-state index contributed by atoms with van der Waals surface area (Å²) in [4.78, 5) is 2.64. The van der Waals surface area contributed by atoms with Gasteiger partial charge < -0.3 is 10.2 Å². The number of nitrogens with one attached hydrogen (secondary N) is 1. The summed E-state index contributed by atoms with van der Waals surface area (Å²) in [6.45, 7) is 9.80. The maximum atomic E-state index is 3.64. The van der Waals surface area contributed by atoms with Gasteiger partial charge in [0.2, 0.25) is 0 Å². The summed E-state index contributed by atoms with van der Waals surface area (Å²) in [6, 6.07) is 0.812. The van der Waals surface area contributed by atoms with E-state index in [0.29, 0.717) is 0 Å². The van der Waals surface area contributed by atoms with E-state index in [1.165, 1.54) is 39.0 Å². The van der Waals surface area contributed by atoms with Crippen LogP contribution in [-0.4, -0.2) is 37.1 Å². The lowest BCUT2D eigenvalue weighted by atomic mass is 9.94. The van der Waals surface area contributed by atoms with Crippen LogP contribution in [0.25, 0.3) is 0 Å². The van der Waals surface area contributed by atoms with Crippen LogP contribution in [0.3, 0.4) is 0 Å². The van der Waals surface area contributed by atoms with Crippen LogP contribution in [0.5, 0.6) is 0 Å². The van der Waals surface area contributed by atoms with Gasteiger partial charge in [0.25, 0.3) is 0 Å². The zero-order chi connectivity index (χ0) is 9.26. The van der Waals surface area contributed by atoms with Crippen molar-refractivity contribution in [3.05, 3.63) is 0 Å². The molecule has 1 N–H and O–H groups in total. The third-order valence-electron chi connectivity index (χ3n) is 3.30. The molecule has 0 aromatic heterocycles. The number of piperidine rings is 1. The molecule has 0 amide bonds. The third-order valence-corrected chi connectivity index (χ3v) is 3.30. The van der Waals surface area contributed by atoms with Gasteiger partial charge in [0.1, 0.15) is 0 Å². The van der Waals surface area contributed by atoms with Gasteiger partial charge >= 0.3 is 0 Å². The summed E-state index contributed by atoms with van der Waals surface area (Å²) in [5, 5.41) is 3.64. The maximum absolute atomic E-state index is 3.64. The molecule has 2 heterocycles. The minimum Gasteiger partial charge on any atom is -0.312 e. The second kappa shape index (κ2) is 3.97. The van der Waals surface area contributed by atoms with Gasteiger partial charge in [-0.3, -0.25) is 0 Å². The fourth-order valence-corrected chi connectivity index (χ4v) is 2.80. The number of rotatable bonds is 2. The summed E-state index contributed by atoms with van der Waals surface area (Å²) in [5.74, 6) is 1.77. The first-order valence-corrected chi connectivity index (χ1v) is 5.71. The first-order chi connectivity index (χ1) is 6.25. The lowest BCUT2D eigenvalue weighted by molar-refractivity contribution is 0.285. The largest absolute Gasteiger partial charge is 0.312 e. The highest BCUT2D eigenvalue weighted by atomic mass is 15.2. The van der Waals surface area contributed by atoms with E-state index in [4.69, 9.17) is 0 Å². The highest BCUT2D eigenvalue weighted by Crippen LogP contribution is 2.25. The zero-order valence-electron chi connectivity index (χ0n) is 8.92. The van der Waals surface area contributed by atoms with Gasteiger partial charge in [-0.15, -0.1) is 0 Å². The number of likely N-dealkylation sites (tertiary alicyclic amines) is 1. The monoisotopic (exact) mass is 182 g/mol. The van der Waals surface area contributed by atoms with Crippen molar-refractivity contribution in [2.24, 2.45) is 11.8 Å². The van der Waals surface area contributed by atoms with Crippen molar-refractivity contribution in [2.75, 3.05) is 26.2 Å². The molecule has 0 saturated carbocycles. The molecule has 0 bridgehead atoms. The summed E-state index contributed by atoms with van der Waals surface area (Å²) >= 11 is 0. The molecule has 2 aliphatic rings. The average molecular weight is 182 g/mol. The summed E-state index contributed by atoms with van der Waals surface area (Å²) in [6.07, 6.45) is 2.84. The van der Waals surface area contributed by atoms with E-state index in [0.717, 1.165) is 17.9 Å². The Hall–Kier alpha value is -0.0800. The van der Waals surface area contributed by atoms with Crippen molar-refractivity contribution in [1.82, 2.24) is 10.2 Å². The van der Waals surface area contributed by atoms with Crippen LogP contribution in [0, 0.1) is 11.8 Å². The van der Waals surface area contributed by atoms with Gasteiger partial charge in [0.05, 0.1) is 0 Å². The van der Waals surface area contributed by atoms with Crippen molar-refractivity contribution in [1.29, 1.82) is 0 Å². The Morgan fingerprint density at radius 1 is 1.38 bits per heavy atom. The Balaban J connectivity index is 1.84. The molecule has 0 unspecified atom stereocenters. The van der Waals surface area contributed by atoms with E-state index in [2.05, 4.69) is 24.1 Å². The molecule has 13 heavy (non-hydrogen) atoms. The Labute approximate surface area is 81.7 Å². The molecule has 2 fully saturated rings. The minimum atomic E-state index is 0.812. The molecule has 0 aromatic rings. The Morgan fingerprint density at radius 2 is 2.23 bits per heavy atom. The van der Waals surface area contributed by atoms with E-state index in [-0.39, 0.29) is 0 Å². The van der Waals surface area contributed by atoms with Crippen LogP contribution in [0.4, 0.5) is 0 Å². The molecule has 2 heteroatoms. The summed E-state index contributed by atoms with van der Waals surface area (Å²) in [7, 11) is 0. The van der Waals surface area contributed by atoms with E-state index >= 15 is 0 Å². The van der Waals surface area contributed by atoms with Crippen LogP contribution in [-0.2, 0) is 0 Å². The SMILES string of the molecule is CC(C)CN1C[C@@H]2CCCN[C@@H]2C1. The molecule has 0 radical (unpaired) electrons. The summed E-state index contributed by atoms with van der Waals surface area (Å²) in [5.41, 5.74) is 0. The predicted molar refractivity (Wildman–Crippen MR) is 55.8 cm³/mol. The first kappa shape index (κ1) is 9.47. The fourth-order valence-electron chi connectivity index (χ4n) is 2.80. The molecule has 2 rings (SSSR count). The fraction of sp³-hybridized carbons (Fsp3) is 1.00. The standard InChI is InChI=1S/C11H22N2/c1-9(2)6-13-7-10-4-3-5-12-11(10)8-13/h9-12H,3-8H2,1-2H3/t10-,11+/m0/s1. The zero-order valence-corrected chi connectivity index (χ0v) is 8.92. The van der Waals surface area contributed by atoms with Gasteiger partial charge in [0.15, 0.2) is 0 Å². The third kappa shape index (κ3) is 2.23. The number of fused-ring (bicyclic) bond motifs is 1. The van der Waals surface area contributed by atoms with Gasteiger partial charge in [-0.2, -0.15) is 0 Å². The predicted octanol–water partition coefficient (Wildman–Crippen LogP) is 1.33. The van der Waals surface area contributed by atoms with Gasteiger partial charge in [-0.05, 0) is 31.2 Å². The normalized spacial score (nSPS) is 35.3. The highest BCUT2D eigenvalue weighted by Gasteiger charge is 2.33. The van der Waals surface area contributed by atoms with Crippen LogP contribution >= 0.6 is 0 Å².